The second kappa shape index (κ2) is 3.34. The molecule has 0 N–H and O–H groups in total. The molecule has 0 amide bonds. The highest BCUT2D eigenvalue weighted by Gasteiger charge is 2.49. The van der Waals surface area contributed by atoms with Crippen LogP contribution in [0.2, 0.25) is 0 Å². The molecule has 15 heavy (non-hydrogen) atoms. The van der Waals surface area contributed by atoms with Gasteiger partial charge >= 0.3 is 0 Å². The van der Waals surface area contributed by atoms with Crippen LogP contribution in [0.5, 0.6) is 0 Å². The number of nitrogens with zero attached hydrogens (tertiary/aromatic N) is 3. The van der Waals surface area contributed by atoms with Crippen LogP contribution >= 0.6 is 0 Å². The van der Waals surface area contributed by atoms with Gasteiger partial charge in [0.1, 0.15) is 0 Å². The molecule has 1 fully saturated rings. The highest BCUT2D eigenvalue weighted by atomic mass is 16.5. The Kier molecular flexibility index (Phi) is 2.26. The van der Waals surface area contributed by atoms with Gasteiger partial charge in [0.15, 0.2) is 5.82 Å². The lowest BCUT2D eigenvalue weighted by Crippen LogP contribution is -1.97. The second-order valence-electron chi connectivity index (χ2n) is 5.03. The number of hydrogen-bond acceptors (Lipinski definition) is 4. The van der Waals surface area contributed by atoms with Gasteiger partial charge in [0.2, 0.25) is 5.89 Å². The van der Waals surface area contributed by atoms with E-state index in [9.17, 15) is 0 Å². The summed E-state index contributed by atoms with van der Waals surface area (Å²) >= 11 is 0. The first-order valence-electron chi connectivity index (χ1n) is 5.25. The number of aromatic nitrogens is 2. The van der Waals surface area contributed by atoms with Crippen LogP contribution in [0.4, 0.5) is 0 Å². The lowest BCUT2D eigenvalue weighted by atomic mass is 10.1. The smallest absolute Gasteiger partial charge is 0.227 e. The predicted octanol–water partition coefficient (Wildman–Crippen LogP) is 2.29. The Labute approximate surface area is 89.3 Å². The summed E-state index contributed by atoms with van der Waals surface area (Å²) in [6, 6.07) is 2.16. The fraction of sp³-hybridized carbons (Fsp3) is 0.727. The molecule has 0 aromatic carbocycles. The van der Waals surface area contributed by atoms with E-state index >= 15 is 0 Å². The maximum Gasteiger partial charge on any atom is 0.227 e. The van der Waals surface area contributed by atoms with Gasteiger partial charge in [-0.15, -0.1) is 0 Å². The lowest BCUT2D eigenvalue weighted by Gasteiger charge is -1.96. The van der Waals surface area contributed by atoms with Crippen molar-refractivity contribution in [3.8, 4) is 6.07 Å². The van der Waals surface area contributed by atoms with Crippen LogP contribution in [0.3, 0.4) is 0 Å². The number of rotatable bonds is 3. The van der Waals surface area contributed by atoms with E-state index in [2.05, 4.69) is 30.1 Å². The zero-order valence-corrected chi connectivity index (χ0v) is 9.32. The fourth-order valence-electron chi connectivity index (χ4n) is 1.71. The first-order valence-corrected chi connectivity index (χ1v) is 5.25. The summed E-state index contributed by atoms with van der Waals surface area (Å²) in [5.41, 5.74) is 0.321. The molecule has 1 saturated carbocycles. The first-order chi connectivity index (χ1) is 7.03. The van der Waals surface area contributed by atoms with Crippen molar-refractivity contribution in [1.29, 1.82) is 5.26 Å². The Bertz CT molecular complexity index is 402. The molecule has 0 spiro atoms. The van der Waals surface area contributed by atoms with Crippen molar-refractivity contribution in [3.05, 3.63) is 11.7 Å². The van der Waals surface area contributed by atoms with Crippen molar-refractivity contribution in [1.82, 2.24) is 10.1 Å². The maximum atomic E-state index is 8.67. The van der Waals surface area contributed by atoms with E-state index in [0.29, 0.717) is 23.6 Å². The van der Waals surface area contributed by atoms with Gasteiger partial charge in [0, 0.05) is 12.3 Å². The van der Waals surface area contributed by atoms with Crippen LogP contribution in [0.25, 0.3) is 0 Å². The first kappa shape index (κ1) is 10.2. The molecule has 2 unspecified atom stereocenters. The minimum absolute atomic E-state index is 0.0643. The molecule has 2 atom stereocenters. The topological polar surface area (TPSA) is 62.7 Å². The third-order valence-electron chi connectivity index (χ3n) is 3.01. The van der Waals surface area contributed by atoms with Crippen molar-refractivity contribution in [2.75, 3.05) is 0 Å². The minimum atomic E-state index is -0.0643. The van der Waals surface area contributed by atoms with Gasteiger partial charge in [-0.1, -0.05) is 19.0 Å². The van der Waals surface area contributed by atoms with Gasteiger partial charge in [0.05, 0.1) is 12.0 Å². The maximum absolute atomic E-state index is 8.67. The largest absolute Gasteiger partial charge is 0.339 e. The van der Waals surface area contributed by atoms with E-state index in [-0.39, 0.29) is 5.92 Å². The van der Waals surface area contributed by atoms with Gasteiger partial charge in [-0.05, 0) is 18.8 Å². The lowest BCUT2D eigenvalue weighted by molar-refractivity contribution is 0.363. The average Bonchev–Trinajstić information content (AvgIpc) is 2.63. The summed E-state index contributed by atoms with van der Waals surface area (Å²) in [5.74, 6) is 1.76. The van der Waals surface area contributed by atoms with Crippen molar-refractivity contribution < 1.29 is 4.52 Å². The van der Waals surface area contributed by atoms with Crippen molar-refractivity contribution in [2.24, 2.45) is 11.3 Å². The van der Waals surface area contributed by atoms with Crippen molar-refractivity contribution >= 4 is 0 Å². The third kappa shape index (κ3) is 2.01. The summed E-state index contributed by atoms with van der Waals surface area (Å²) in [6.07, 6.45) is 1.68. The Balaban J connectivity index is 2.03. The molecule has 1 aromatic rings. The molecule has 0 aliphatic heterocycles. The Morgan fingerprint density at radius 3 is 2.87 bits per heavy atom. The molecule has 80 valence electrons. The molecule has 1 heterocycles. The third-order valence-corrected chi connectivity index (χ3v) is 3.01. The summed E-state index contributed by atoms with van der Waals surface area (Å²) in [5, 5.41) is 12.6. The summed E-state index contributed by atoms with van der Waals surface area (Å²) < 4.78 is 5.12. The number of hydrogen-bond donors (Lipinski definition) is 0. The van der Waals surface area contributed by atoms with Crippen LogP contribution < -0.4 is 0 Å². The van der Waals surface area contributed by atoms with E-state index < -0.39 is 0 Å². The normalized spacial score (nSPS) is 24.5. The average molecular weight is 205 g/mol. The summed E-state index contributed by atoms with van der Waals surface area (Å²) in [6.45, 7) is 6.25. The van der Waals surface area contributed by atoms with Crippen LogP contribution in [-0.2, 0) is 6.42 Å². The fourth-order valence-corrected chi connectivity index (χ4v) is 1.71. The Hall–Kier alpha value is -1.37. The van der Waals surface area contributed by atoms with Gasteiger partial charge in [0.25, 0.3) is 0 Å². The van der Waals surface area contributed by atoms with E-state index in [1.807, 2.05) is 6.92 Å². The van der Waals surface area contributed by atoms with Gasteiger partial charge < -0.3 is 4.52 Å². The van der Waals surface area contributed by atoms with Crippen LogP contribution in [-0.4, -0.2) is 10.1 Å². The van der Waals surface area contributed by atoms with Gasteiger partial charge in [-0.25, -0.2) is 0 Å². The molecular formula is C11H15N3O. The van der Waals surface area contributed by atoms with Crippen molar-refractivity contribution in [3.63, 3.8) is 0 Å². The zero-order valence-electron chi connectivity index (χ0n) is 9.32. The molecule has 0 saturated heterocycles. The van der Waals surface area contributed by atoms with Crippen LogP contribution in [0.15, 0.2) is 4.52 Å². The van der Waals surface area contributed by atoms with Gasteiger partial charge in [-0.3, -0.25) is 0 Å². The Morgan fingerprint density at radius 2 is 2.33 bits per heavy atom. The van der Waals surface area contributed by atoms with E-state index in [1.165, 1.54) is 0 Å². The molecule has 1 aliphatic rings. The molecule has 1 aliphatic carbocycles. The van der Waals surface area contributed by atoms with E-state index in [4.69, 9.17) is 9.78 Å². The summed E-state index contributed by atoms with van der Waals surface area (Å²) in [7, 11) is 0. The van der Waals surface area contributed by atoms with Gasteiger partial charge in [-0.2, -0.15) is 10.2 Å². The molecule has 4 nitrogen and oxygen atoms in total. The molecule has 1 aromatic heterocycles. The second-order valence-corrected chi connectivity index (χ2v) is 5.03. The summed E-state index contributed by atoms with van der Waals surface area (Å²) in [4.78, 5) is 4.33. The minimum Gasteiger partial charge on any atom is -0.339 e. The van der Waals surface area contributed by atoms with E-state index in [1.54, 1.807) is 0 Å². The Morgan fingerprint density at radius 1 is 1.67 bits per heavy atom. The SMILES string of the molecule is CC(C#N)Cc1nc(C2CC2(C)C)no1. The molecule has 0 bridgehead atoms. The van der Waals surface area contributed by atoms with Crippen LogP contribution in [0.1, 0.15) is 44.8 Å². The molecule has 4 heteroatoms. The molecule has 0 radical (unpaired) electrons. The highest BCUT2D eigenvalue weighted by molar-refractivity contribution is 5.14. The van der Waals surface area contributed by atoms with Crippen LogP contribution in [0, 0.1) is 22.7 Å². The monoisotopic (exact) mass is 205 g/mol. The zero-order chi connectivity index (χ0) is 11.1. The highest BCUT2D eigenvalue weighted by Crippen LogP contribution is 2.57. The van der Waals surface area contributed by atoms with E-state index in [0.717, 1.165) is 12.2 Å². The molecular weight excluding hydrogens is 190 g/mol. The number of nitriles is 1. The molecule has 2 rings (SSSR count). The quantitative estimate of drug-likeness (QED) is 0.759. The predicted molar refractivity (Wildman–Crippen MR) is 53.9 cm³/mol. The van der Waals surface area contributed by atoms with Crippen molar-refractivity contribution in [2.45, 2.75) is 39.5 Å². The standard InChI is InChI=1S/C11H15N3O/c1-7(6-12)4-9-13-10(14-15-9)8-5-11(8,2)3/h7-8H,4-5H2,1-3H3.